The molecule has 1 saturated carbocycles. The van der Waals surface area contributed by atoms with Gasteiger partial charge in [0.25, 0.3) is 0 Å². The van der Waals surface area contributed by atoms with Gasteiger partial charge in [-0.1, -0.05) is 12.8 Å². The van der Waals surface area contributed by atoms with E-state index in [-0.39, 0.29) is 6.10 Å². The number of anilines is 1. The first-order chi connectivity index (χ1) is 8.29. The summed E-state index contributed by atoms with van der Waals surface area (Å²) in [5, 5.41) is 13.1. The highest BCUT2D eigenvalue weighted by Gasteiger charge is 2.22. The molecule has 94 valence electrons. The molecule has 1 fully saturated rings. The van der Waals surface area contributed by atoms with Crippen LogP contribution < -0.4 is 10.1 Å². The van der Waals surface area contributed by atoms with Gasteiger partial charge in [-0.15, -0.1) is 0 Å². The van der Waals surface area contributed by atoms with Crippen LogP contribution in [0.25, 0.3) is 0 Å². The molecule has 1 aromatic rings. The van der Waals surface area contributed by atoms with Gasteiger partial charge in [0, 0.05) is 12.5 Å². The van der Waals surface area contributed by atoms with Crippen LogP contribution >= 0.6 is 0 Å². The fraction of sp³-hybridized carbons (Fsp3) is 0.615. The maximum atomic E-state index is 9.85. The van der Waals surface area contributed by atoms with Crippen molar-refractivity contribution in [3.05, 3.63) is 18.3 Å². The fourth-order valence-corrected chi connectivity index (χ4v) is 2.27. The summed E-state index contributed by atoms with van der Waals surface area (Å²) in [6.45, 7) is 0.792. The van der Waals surface area contributed by atoms with E-state index in [1.807, 2.05) is 12.1 Å². The Morgan fingerprint density at radius 1 is 1.41 bits per heavy atom. The minimum absolute atomic E-state index is 0.158. The number of aliphatic hydroxyl groups excluding tert-OH is 1. The van der Waals surface area contributed by atoms with Crippen molar-refractivity contribution < 1.29 is 9.84 Å². The summed E-state index contributed by atoms with van der Waals surface area (Å²) >= 11 is 0. The molecule has 0 aliphatic heterocycles. The average Bonchev–Trinajstić information content (AvgIpc) is 2.38. The molecule has 0 aromatic carbocycles. The van der Waals surface area contributed by atoms with Crippen molar-refractivity contribution in [2.45, 2.75) is 31.8 Å². The van der Waals surface area contributed by atoms with E-state index in [1.54, 1.807) is 13.3 Å². The zero-order valence-corrected chi connectivity index (χ0v) is 10.2. The minimum Gasteiger partial charge on any atom is -0.495 e. The second-order valence-electron chi connectivity index (χ2n) is 4.58. The Morgan fingerprint density at radius 3 is 2.88 bits per heavy atom. The lowest BCUT2D eigenvalue weighted by atomic mass is 9.86. The van der Waals surface area contributed by atoms with Crippen LogP contribution in [0.1, 0.15) is 25.7 Å². The Kier molecular flexibility index (Phi) is 4.20. The van der Waals surface area contributed by atoms with E-state index >= 15 is 0 Å². The van der Waals surface area contributed by atoms with Gasteiger partial charge < -0.3 is 15.2 Å². The molecule has 2 unspecified atom stereocenters. The monoisotopic (exact) mass is 236 g/mol. The van der Waals surface area contributed by atoms with E-state index in [0.29, 0.717) is 5.92 Å². The highest BCUT2D eigenvalue weighted by atomic mass is 16.5. The third-order valence-corrected chi connectivity index (χ3v) is 3.39. The molecule has 1 aromatic heterocycles. The Labute approximate surface area is 102 Å². The highest BCUT2D eigenvalue weighted by Crippen LogP contribution is 2.24. The number of aliphatic hydroxyl groups is 1. The van der Waals surface area contributed by atoms with Crippen LogP contribution in [0.15, 0.2) is 18.3 Å². The summed E-state index contributed by atoms with van der Waals surface area (Å²) < 4.78 is 5.05. The molecule has 0 radical (unpaired) electrons. The van der Waals surface area contributed by atoms with E-state index in [1.165, 1.54) is 6.42 Å². The number of ether oxygens (including phenoxy) is 1. The molecule has 4 nitrogen and oxygen atoms in total. The van der Waals surface area contributed by atoms with E-state index in [4.69, 9.17) is 4.74 Å². The number of rotatable bonds is 4. The lowest BCUT2D eigenvalue weighted by Gasteiger charge is -2.27. The molecule has 1 aliphatic rings. The van der Waals surface area contributed by atoms with Crippen LogP contribution in [0.2, 0.25) is 0 Å². The number of pyridine rings is 1. The highest BCUT2D eigenvalue weighted by molar-refractivity contribution is 5.37. The smallest absolute Gasteiger partial charge is 0.137 e. The maximum absolute atomic E-state index is 9.85. The van der Waals surface area contributed by atoms with Gasteiger partial charge in [0.05, 0.1) is 19.4 Å². The Bertz CT molecular complexity index is 340. The zero-order valence-electron chi connectivity index (χ0n) is 10.2. The fourth-order valence-electron chi connectivity index (χ4n) is 2.27. The van der Waals surface area contributed by atoms with Crippen molar-refractivity contribution in [1.29, 1.82) is 0 Å². The van der Waals surface area contributed by atoms with Gasteiger partial charge in [0.1, 0.15) is 11.6 Å². The first kappa shape index (κ1) is 12.2. The summed E-state index contributed by atoms with van der Waals surface area (Å²) in [4.78, 5) is 4.24. The Morgan fingerprint density at radius 2 is 2.24 bits per heavy atom. The topological polar surface area (TPSA) is 54.4 Å². The molecule has 0 bridgehead atoms. The standard InChI is InChI=1S/C13H20N2O2/c1-17-11-6-7-13(15-9-11)14-8-10-4-2-3-5-12(10)16/h6-7,9-10,12,16H,2-5,8H2,1H3,(H,14,15). The lowest BCUT2D eigenvalue weighted by molar-refractivity contribution is 0.0763. The molecular weight excluding hydrogens is 216 g/mol. The third-order valence-electron chi connectivity index (χ3n) is 3.39. The summed E-state index contributed by atoms with van der Waals surface area (Å²) in [5.74, 6) is 1.95. The number of hydrogen-bond acceptors (Lipinski definition) is 4. The second-order valence-corrected chi connectivity index (χ2v) is 4.58. The predicted molar refractivity (Wildman–Crippen MR) is 67.2 cm³/mol. The van der Waals surface area contributed by atoms with E-state index in [0.717, 1.165) is 37.4 Å². The normalized spacial score (nSPS) is 24.4. The van der Waals surface area contributed by atoms with Crippen LogP contribution in [0.4, 0.5) is 5.82 Å². The Hall–Kier alpha value is -1.29. The van der Waals surface area contributed by atoms with Gasteiger partial charge >= 0.3 is 0 Å². The van der Waals surface area contributed by atoms with Crippen molar-refractivity contribution in [3.63, 3.8) is 0 Å². The van der Waals surface area contributed by atoms with Crippen molar-refractivity contribution >= 4 is 5.82 Å². The van der Waals surface area contributed by atoms with Crippen LogP contribution in [-0.4, -0.2) is 29.8 Å². The van der Waals surface area contributed by atoms with E-state index in [2.05, 4.69) is 10.3 Å². The molecule has 2 atom stereocenters. The van der Waals surface area contributed by atoms with Gasteiger partial charge in [-0.25, -0.2) is 4.98 Å². The van der Waals surface area contributed by atoms with Crippen LogP contribution in [0.5, 0.6) is 5.75 Å². The molecule has 0 amide bonds. The summed E-state index contributed by atoms with van der Waals surface area (Å²) in [6.07, 6.45) is 5.94. The molecule has 1 heterocycles. The molecular formula is C13H20N2O2. The Balaban J connectivity index is 1.84. The van der Waals surface area contributed by atoms with E-state index in [9.17, 15) is 5.11 Å². The molecule has 2 N–H and O–H groups in total. The lowest BCUT2D eigenvalue weighted by Crippen LogP contribution is -2.30. The van der Waals surface area contributed by atoms with Crippen LogP contribution in [0.3, 0.4) is 0 Å². The molecule has 0 saturated heterocycles. The van der Waals surface area contributed by atoms with Gasteiger partial charge in [-0.3, -0.25) is 0 Å². The van der Waals surface area contributed by atoms with Gasteiger partial charge in [0.2, 0.25) is 0 Å². The van der Waals surface area contributed by atoms with Gasteiger partial charge in [-0.2, -0.15) is 0 Å². The third kappa shape index (κ3) is 3.33. The molecule has 2 rings (SSSR count). The molecule has 4 heteroatoms. The summed E-state index contributed by atoms with van der Waals surface area (Å²) in [6, 6.07) is 3.78. The minimum atomic E-state index is -0.158. The summed E-state index contributed by atoms with van der Waals surface area (Å²) in [7, 11) is 1.63. The van der Waals surface area contributed by atoms with Crippen molar-refractivity contribution in [2.24, 2.45) is 5.92 Å². The number of methoxy groups -OCH3 is 1. The SMILES string of the molecule is COc1ccc(NCC2CCCCC2O)nc1. The van der Waals surface area contributed by atoms with Crippen molar-refractivity contribution in [1.82, 2.24) is 4.98 Å². The first-order valence-electron chi connectivity index (χ1n) is 6.21. The number of aromatic nitrogens is 1. The van der Waals surface area contributed by atoms with Crippen molar-refractivity contribution in [2.75, 3.05) is 19.0 Å². The second kappa shape index (κ2) is 5.87. The maximum Gasteiger partial charge on any atom is 0.137 e. The predicted octanol–water partition coefficient (Wildman–Crippen LogP) is 2.05. The summed E-state index contributed by atoms with van der Waals surface area (Å²) in [5.41, 5.74) is 0. The van der Waals surface area contributed by atoms with Gasteiger partial charge in [0.15, 0.2) is 0 Å². The van der Waals surface area contributed by atoms with Crippen molar-refractivity contribution in [3.8, 4) is 5.75 Å². The first-order valence-corrected chi connectivity index (χ1v) is 6.21. The number of nitrogens with zero attached hydrogens (tertiary/aromatic N) is 1. The van der Waals surface area contributed by atoms with E-state index < -0.39 is 0 Å². The van der Waals surface area contributed by atoms with Crippen LogP contribution in [0, 0.1) is 5.92 Å². The van der Waals surface area contributed by atoms with Crippen LogP contribution in [-0.2, 0) is 0 Å². The average molecular weight is 236 g/mol. The molecule has 0 spiro atoms. The molecule has 1 aliphatic carbocycles. The quantitative estimate of drug-likeness (QED) is 0.840. The van der Waals surface area contributed by atoms with Gasteiger partial charge in [-0.05, 0) is 25.0 Å². The zero-order chi connectivity index (χ0) is 12.1. The largest absolute Gasteiger partial charge is 0.495 e. The molecule has 17 heavy (non-hydrogen) atoms. The number of nitrogens with one attached hydrogen (secondary N) is 1. The number of hydrogen-bond donors (Lipinski definition) is 2.